The molecule has 0 bridgehead atoms. The molecule has 0 saturated carbocycles. The van der Waals surface area contributed by atoms with Gasteiger partial charge >= 0.3 is 0 Å². The summed E-state index contributed by atoms with van der Waals surface area (Å²) in [4.78, 5) is 17.0. The van der Waals surface area contributed by atoms with Gasteiger partial charge in [0.1, 0.15) is 5.75 Å². The Balaban J connectivity index is 1.70. The monoisotopic (exact) mass is 450 g/mol. The Morgan fingerprint density at radius 3 is 2.32 bits per heavy atom. The van der Waals surface area contributed by atoms with Crippen LogP contribution >= 0.6 is 23.4 Å². The number of Topliss-reactive ketones (excluding diaryl/α,β-unsaturated/α-hetero) is 1. The SMILES string of the molecule is COc1ccc(-n2c(S[C@@H](C)C(=O)c3ccc(Cl)cc3)nnc2-c2ccncc2)cc1. The number of aromatic nitrogens is 4. The maximum atomic E-state index is 12.9. The van der Waals surface area contributed by atoms with Gasteiger partial charge in [-0.2, -0.15) is 0 Å². The first-order chi connectivity index (χ1) is 15.1. The third-order valence-corrected chi connectivity index (χ3v) is 5.98. The number of pyridine rings is 1. The highest BCUT2D eigenvalue weighted by Crippen LogP contribution is 2.31. The van der Waals surface area contributed by atoms with Gasteiger partial charge in [0.2, 0.25) is 0 Å². The zero-order valence-electron chi connectivity index (χ0n) is 16.9. The molecule has 0 saturated heterocycles. The molecule has 0 unspecified atom stereocenters. The number of hydrogen-bond acceptors (Lipinski definition) is 6. The van der Waals surface area contributed by atoms with Crippen LogP contribution in [-0.4, -0.2) is 37.9 Å². The molecule has 8 heteroatoms. The number of methoxy groups -OCH3 is 1. The van der Waals surface area contributed by atoms with Gasteiger partial charge in [-0.05, 0) is 67.6 Å². The minimum atomic E-state index is -0.368. The van der Waals surface area contributed by atoms with E-state index in [0.29, 0.717) is 21.6 Å². The molecule has 4 rings (SSSR count). The zero-order chi connectivity index (χ0) is 21.8. The number of rotatable bonds is 7. The average Bonchev–Trinajstić information content (AvgIpc) is 3.23. The van der Waals surface area contributed by atoms with E-state index in [1.54, 1.807) is 43.8 Å². The normalized spacial score (nSPS) is 11.8. The Morgan fingerprint density at radius 2 is 1.68 bits per heavy atom. The largest absolute Gasteiger partial charge is 0.497 e. The molecular formula is C23H19ClN4O2S. The molecule has 2 aromatic heterocycles. The Morgan fingerprint density at radius 1 is 1.00 bits per heavy atom. The molecule has 0 aliphatic rings. The fourth-order valence-electron chi connectivity index (χ4n) is 3.06. The number of carbonyl (C=O) groups is 1. The Hall–Kier alpha value is -3.16. The summed E-state index contributed by atoms with van der Waals surface area (Å²) in [5, 5.41) is 9.64. The van der Waals surface area contributed by atoms with Crippen LogP contribution in [0.1, 0.15) is 17.3 Å². The lowest BCUT2D eigenvalue weighted by Crippen LogP contribution is -2.14. The first-order valence-electron chi connectivity index (χ1n) is 9.53. The second-order valence-corrected chi connectivity index (χ2v) is 8.45. The smallest absolute Gasteiger partial charge is 0.196 e. The van der Waals surface area contributed by atoms with E-state index in [-0.39, 0.29) is 11.0 Å². The van der Waals surface area contributed by atoms with Crippen LogP contribution in [0.2, 0.25) is 5.02 Å². The van der Waals surface area contributed by atoms with Crippen LogP contribution in [0.4, 0.5) is 0 Å². The standard InChI is InChI=1S/C23H19ClN4O2S/c1-15(21(29)16-3-5-18(24)6-4-16)31-23-27-26-22(17-11-13-25-14-12-17)28(23)19-7-9-20(30-2)10-8-19/h3-15H,1-2H3/t15-/m0/s1. The molecule has 0 aliphatic carbocycles. The second-order valence-electron chi connectivity index (χ2n) is 6.71. The van der Waals surface area contributed by atoms with Crippen molar-refractivity contribution >= 4 is 29.1 Å². The van der Waals surface area contributed by atoms with Gasteiger partial charge in [-0.15, -0.1) is 10.2 Å². The number of halogens is 1. The number of ether oxygens (including phenoxy) is 1. The average molecular weight is 451 g/mol. The molecular weight excluding hydrogens is 432 g/mol. The summed E-state index contributed by atoms with van der Waals surface area (Å²) in [5.41, 5.74) is 2.35. The third kappa shape index (κ3) is 4.62. The van der Waals surface area contributed by atoms with E-state index in [9.17, 15) is 4.79 Å². The van der Waals surface area contributed by atoms with Gasteiger partial charge < -0.3 is 4.74 Å². The van der Waals surface area contributed by atoms with E-state index in [1.165, 1.54) is 11.8 Å². The van der Waals surface area contributed by atoms with Gasteiger partial charge in [0, 0.05) is 34.2 Å². The summed E-state index contributed by atoms with van der Waals surface area (Å²) >= 11 is 7.30. The zero-order valence-corrected chi connectivity index (χ0v) is 18.5. The molecule has 0 aliphatic heterocycles. The number of benzene rings is 2. The molecule has 1 atom stereocenters. The summed E-state index contributed by atoms with van der Waals surface area (Å²) in [6.07, 6.45) is 3.42. The first-order valence-corrected chi connectivity index (χ1v) is 10.8. The summed E-state index contributed by atoms with van der Waals surface area (Å²) in [6.45, 7) is 1.86. The van der Waals surface area contributed by atoms with Crippen LogP contribution in [-0.2, 0) is 0 Å². The highest BCUT2D eigenvalue weighted by Gasteiger charge is 2.22. The maximum Gasteiger partial charge on any atom is 0.196 e. The summed E-state index contributed by atoms with van der Waals surface area (Å²) in [7, 11) is 1.63. The van der Waals surface area contributed by atoms with Crippen molar-refractivity contribution in [3.8, 4) is 22.8 Å². The Labute approximate surface area is 189 Å². The van der Waals surface area contributed by atoms with E-state index < -0.39 is 0 Å². The summed E-state index contributed by atoms with van der Waals surface area (Å²) < 4.78 is 7.21. The maximum absolute atomic E-state index is 12.9. The number of thioether (sulfide) groups is 1. The number of nitrogens with zero attached hydrogens (tertiary/aromatic N) is 4. The van der Waals surface area contributed by atoms with Gasteiger partial charge in [0.25, 0.3) is 0 Å². The predicted octanol–water partition coefficient (Wildman–Crippen LogP) is 5.35. The van der Waals surface area contributed by atoms with Gasteiger partial charge in [-0.3, -0.25) is 14.3 Å². The van der Waals surface area contributed by atoms with Crippen LogP contribution < -0.4 is 4.74 Å². The van der Waals surface area contributed by atoms with Crippen molar-refractivity contribution in [3.05, 3.63) is 83.6 Å². The first kappa shape index (κ1) is 21.1. The second kappa shape index (κ2) is 9.32. The van der Waals surface area contributed by atoms with Crippen molar-refractivity contribution in [1.29, 1.82) is 0 Å². The van der Waals surface area contributed by atoms with Crippen LogP contribution in [0.3, 0.4) is 0 Å². The molecule has 2 aromatic carbocycles. The highest BCUT2D eigenvalue weighted by atomic mass is 35.5. The molecule has 0 spiro atoms. The van der Waals surface area contributed by atoms with E-state index >= 15 is 0 Å². The van der Waals surface area contributed by atoms with Crippen LogP contribution in [0.15, 0.2) is 78.2 Å². The van der Waals surface area contributed by atoms with Gasteiger partial charge in [0.15, 0.2) is 16.8 Å². The molecule has 0 N–H and O–H groups in total. The fourth-order valence-corrected chi connectivity index (χ4v) is 4.13. The topological polar surface area (TPSA) is 69.9 Å². The molecule has 0 fully saturated rings. The molecule has 0 radical (unpaired) electrons. The number of ketones is 1. The van der Waals surface area contributed by atoms with Gasteiger partial charge in [-0.25, -0.2) is 0 Å². The third-order valence-electron chi connectivity index (χ3n) is 4.68. The molecule has 2 heterocycles. The fraction of sp³-hybridized carbons (Fsp3) is 0.130. The summed E-state index contributed by atoms with van der Waals surface area (Å²) in [6, 6.07) is 18.3. The highest BCUT2D eigenvalue weighted by molar-refractivity contribution is 8.00. The Kier molecular flexibility index (Phi) is 6.34. The van der Waals surface area contributed by atoms with Gasteiger partial charge in [0.05, 0.1) is 12.4 Å². The van der Waals surface area contributed by atoms with Crippen LogP contribution in [0.5, 0.6) is 5.75 Å². The van der Waals surface area contributed by atoms with Crippen molar-refractivity contribution in [2.45, 2.75) is 17.3 Å². The predicted molar refractivity (Wildman–Crippen MR) is 122 cm³/mol. The van der Waals surface area contributed by atoms with Crippen molar-refractivity contribution < 1.29 is 9.53 Å². The molecule has 31 heavy (non-hydrogen) atoms. The number of hydrogen-bond donors (Lipinski definition) is 0. The van der Waals surface area contributed by atoms with Crippen LogP contribution in [0, 0.1) is 0 Å². The lowest BCUT2D eigenvalue weighted by Gasteiger charge is -2.14. The minimum absolute atomic E-state index is 0.00333. The minimum Gasteiger partial charge on any atom is -0.497 e. The molecule has 156 valence electrons. The van der Waals surface area contributed by atoms with Crippen molar-refractivity contribution in [3.63, 3.8) is 0 Å². The van der Waals surface area contributed by atoms with E-state index in [0.717, 1.165) is 17.0 Å². The van der Waals surface area contributed by atoms with E-state index in [4.69, 9.17) is 16.3 Å². The lowest BCUT2D eigenvalue weighted by molar-refractivity contribution is 0.0994. The quantitative estimate of drug-likeness (QED) is 0.279. The van der Waals surface area contributed by atoms with Crippen molar-refractivity contribution in [1.82, 2.24) is 19.7 Å². The van der Waals surface area contributed by atoms with E-state index in [2.05, 4.69) is 15.2 Å². The van der Waals surface area contributed by atoms with Crippen molar-refractivity contribution in [2.24, 2.45) is 0 Å². The van der Waals surface area contributed by atoms with Crippen LogP contribution in [0.25, 0.3) is 17.1 Å². The Bertz CT molecular complexity index is 1180. The lowest BCUT2D eigenvalue weighted by atomic mass is 10.1. The summed E-state index contributed by atoms with van der Waals surface area (Å²) in [5.74, 6) is 1.42. The molecule has 0 amide bonds. The molecule has 6 nitrogen and oxygen atoms in total. The van der Waals surface area contributed by atoms with E-state index in [1.807, 2.05) is 47.9 Å². The van der Waals surface area contributed by atoms with Gasteiger partial charge in [-0.1, -0.05) is 23.4 Å². The van der Waals surface area contributed by atoms with Crippen molar-refractivity contribution in [2.75, 3.05) is 7.11 Å². The molecule has 4 aromatic rings. The number of carbonyl (C=O) groups excluding carboxylic acids is 1.